The molecule has 2 aromatic rings. The lowest BCUT2D eigenvalue weighted by atomic mass is 10.0. The topological polar surface area (TPSA) is 60.7 Å². The van der Waals surface area contributed by atoms with Gasteiger partial charge < -0.3 is 15.3 Å². The number of phenols is 2. The van der Waals surface area contributed by atoms with E-state index in [0.29, 0.717) is 21.2 Å². The van der Waals surface area contributed by atoms with Crippen LogP contribution in [0.25, 0.3) is 0 Å². The molecule has 24 heavy (non-hydrogen) atoms. The lowest BCUT2D eigenvalue weighted by molar-refractivity contribution is 0.282. The van der Waals surface area contributed by atoms with Gasteiger partial charge in [-0.15, -0.1) is 0 Å². The molecule has 0 saturated carbocycles. The molecule has 0 saturated heterocycles. The largest absolute Gasteiger partial charge is 0.508 e. The van der Waals surface area contributed by atoms with E-state index in [4.69, 9.17) is 28.3 Å². The first kappa shape index (κ1) is 20.6. The van der Waals surface area contributed by atoms with Crippen molar-refractivity contribution in [3.05, 3.63) is 57.6 Å². The van der Waals surface area contributed by atoms with Crippen LogP contribution >= 0.6 is 23.2 Å². The average molecular weight is 371 g/mol. The Morgan fingerprint density at radius 1 is 0.917 bits per heavy atom. The Morgan fingerprint density at radius 2 is 1.58 bits per heavy atom. The molecule has 2 rings (SSSR count). The Morgan fingerprint density at radius 3 is 2.12 bits per heavy atom. The Balaban J connectivity index is 0.000000254. The number of aliphatic hydroxyl groups excluding tert-OH is 1. The molecule has 5 heteroatoms. The van der Waals surface area contributed by atoms with Crippen LogP contribution in [0.3, 0.4) is 0 Å². The van der Waals surface area contributed by atoms with Crippen LogP contribution in [0.15, 0.2) is 36.4 Å². The van der Waals surface area contributed by atoms with Crippen molar-refractivity contribution in [3.8, 4) is 11.5 Å². The highest BCUT2D eigenvalue weighted by molar-refractivity contribution is 6.35. The molecule has 0 amide bonds. The molecule has 0 spiro atoms. The molecule has 0 unspecified atom stereocenters. The number of aliphatic hydroxyl groups is 1. The van der Waals surface area contributed by atoms with Gasteiger partial charge in [0, 0.05) is 15.6 Å². The molecular formula is C19H24Cl2O3. The fourth-order valence-electron chi connectivity index (χ4n) is 2.20. The van der Waals surface area contributed by atoms with Gasteiger partial charge in [-0.05, 0) is 42.7 Å². The summed E-state index contributed by atoms with van der Waals surface area (Å²) in [6, 6.07) is 9.89. The molecule has 0 aliphatic rings. The maximum atomic E-state index is 9.49. The van der Waals surface area contributed by atoms with Gasteiger partial charge in [-0.1, -0.05) is 61.5 Å². The minimum atomic E-state index is -0.0456. The van der Waals surface area contributed by atoms with Crippen molar-refractivity contribution >= 4 is 23.2 Å². The number of aromatic hydroxyl groups is 2. The third-order valence-corrected chi connectivity index (χ3v) is 4.18. The molecule has 0 heterocycles. The van der Waals surface area contributed by atoms with E-state index < -0.39 is 0 Å². The summed E-state index contributed by atoms with van der Waals surface area (Å²) in [6.45, 7) is 2.12. The highest BCUT2D eigenvalue weighted by Gasteiger charge is 2.05. The molecular weight excluding hydrogens is 347 g/mol. The van der Waals surface area contributed by atoms with Crippen molar-refractivity contribution in [1.29, 1.82) is 0 Å². The predicted octanol–water partition coefficient (Wildman–Crippen LogP) is 5.71. The highest BCUT2D eigenvalue weighted by atomic mass is 35.5. The van der Waals surface area contributed by atoms with Crippen molar-refractivity contribution in [2.45, 2.75) is 45.6 Å². The lowest BCUT2D eigenvalue weighted by Gasteiger charge is -2.06. The van der Waals surface area contributed by atoms with E-state index in [-0.39, 0.29) is 18.1 Å². The Hall–Kier alpha value is -1.42. The minimum Gasteiger partial charge on any atom is -0.508 e. The van der Waals surface area contributed by atoms with Gasteiger partial charge in [0.15, 0.2) is 0 Å². The standard InChI is InChI=1S/C12H18O2.C7H6Cl2O/c1-2-3-4-5-7-10-11(13)8-6-9-12(10)14;8-6-2-1-5(4-10)7(9)3-6/h6,8-9,13-14H,2-5,7H2,1H3;1-3,10H,4H2. The molecule has 0 aliphatic heterocycles. The smallest absolute Gasteiger partial charge is 0.122 e. The Kier molecular flexibility index (Phi) is 9.62. The monoisotopic (exact) mass is 370 g/mol. The third kappa shape index (κ3) is 7.00. The number of halogens is 2. The molecule has 132 valence electrons. The molecule has 3 nitrogen and oxygen atoms in total. The van der Waals surface area contributed by atoms with Gasteiger partial charge in [0.2, 0.25) is 0 Å². The molecule has 0 radical (unpaired) electrons. The van der Waals surface area contributed by atoms with E-state index in [1.807, 2.05) is 0 Å². The fraction of sp³-hybridized carbons (Fsp3) is 0.368. The maximum Gasteiger partial charge on any atom is 0.122 e. The van der Waals surface area contributed by atoms with E-state index in [9.17, 15) is 10.2 Å². The van der Waals surface area contributed by atoms with E-state index in [1.165, 1.54) is 12.8 Å². The van der Waals surface area contributed by atoms with Crippen LogP contribution in [0, 0.1) is 0 Å². The van der Waals surface area contributed by atoms with E-state index in [1.54, 1.807) is 36.4 Å². The average Bonchev–Trinajstić information content (AvgIpc) is 2.54. The minimum absolute atomic E-state index is 0.0456. The van der Waals surface area contributed by atoms with Crippen molar-refractivity contribution in [1.82, 2.24) is 0 Å². The Bertz CT molecular complexity index is 610. The van der Waals surface area contributed by atoms with E-state index in [2.05, 4.69) is 6.92 Å². The number of phenolic OH excluding ortho intramolecular Hbond substituents is 2. The highest BCUT2D eigenvalue weighted by Crippen LogP contribution is 2.28. The molecule has 0 aliphatic carbocycles. The van der Waals surface area contributed by atoms with Crippen molar-refractivity contribution in [2.75, 3.05) is 0 Å². The zero-order valence-corrected chi connectivity index (χ0v) is 15.3. The predicted molar refractivity (Wildman–Crippen MR) is 100 cm³/mol. The SMILES string of the molecule is CCCCCCc1c(O)cccc1O.OCc1ccc(Cl)cc1Cl. The normalized spacial score (nSPS) is 10.2. The summed E-state index contributed by atoms with van der Waals surface area (Å²) in [5.41, 5.74) is 1.38. The van der Waals surface area contributed by atoms with Crippen LogP contribution in [0.1, 0.15) is 43.7 Å². The maximum absolute atomic E-state index is 9.49. The van der Waals surface area contributed by atoms with Gasteiger partial charge in [-0.25, -0.2) is 0 Å². The summed E-state index contributed by atoms with van der Waals surface area (Å²) in [6.07, 6.45) is 5.36. The second-order valence-corrected chi connectivity index (χ2v) is 6.32. The number of unbranched alkanes of at least 4 members (excludes halogenated alkanes) is 3. The summed E-state index contributed by atoms with van der Waals surface area (Å²) in [7, 11) is 0. The summed E-state index contributed by atoms with van der Waals surface area (Å²) in [5, 5.41) is 28.8. The van der Waals surface area contributed by atoms with Gasteiger partial charge in [0.05, 0.1) is 6.61 Å². The molecule has 0 fully saturated rings. The first-order chi connectivity index (χ1) is 11.5. The van der Waals surface area contributed by atoms with E-state index in [0.717, 1.165) is 19.3 Å². The Labute approximate surface area is 153 Å². The second-order valence-electron chi connectivity index (χ2n) is 5.48. The van der Waals surface area contributed by atoms with Gasteiger partial charge in [0.25, 0.3) is 0 Å². The van der Waals surface area contributed by atoms with Crippen LogP contribution in [-0.2, 0) is 13.0 Å². The summed E-state index contributed by atoms with van der Waals surface area (Å²) in [4.78, 5) is 0. The van der Waals surface area contributed by atoms with Crippen molar-refractivity contribution < 1.29 is 15.3 Å². The van der Waals surface area contributed by atoms with Gasteiger partial charge in [0.1, 0.15) is 11.5 Å². The van der Waals surface area contributed by atoms with Crippen LogP contribution in [-0.4, -0.2) is 15.3 Å². The molecule has 0 atom stereocenters. The van der Waals surface area contributed by atoms with Crippen molar-refractivity contribution in [3.63, 3.8) is 0 Å². The van der Waals surface area contributed by atoms with Crippen LogP contribution in [0.2, 0.25) is 10.0 Å². The number of rotatable bonds is 6. The first-order valence-corrected chi connectivity index (χ1v) is 8.79. The van der Waals surface area contributed by atoms with Crippen LogP contribution < -0.4 is 0 Å². The quantitative estimate of drug-likeness (QED) is 0.570. The number of hydrogen-bond donors (Lipinski definition) is 3. The molecule has 2 aromatic carbocycles. The van der Waals surface area contributed by atoms with Gasteiger partial charge in [-0.3, -0.25) is 0 Å². The van der Waals surface area contributed by atoms with Crippen molar-refractivity contribution in [2.24, 2.45) is 0 Å². The number of benzene rings is 2. The summed E-state index contributed by atoms with van der Waals surface area (Å²) >= 11 is 11.3. The van der Waals surface area contributed by atoms with Gasteiger partial charge in [-0.2, -0.15) is 0 Å². The third-order valence-electron chi connectivity index (χ3n) is 3.59. The summed E-state index contributed by atoms with van der Waals surface area (Å²) in [5.74, 6) is 0.419. The van der Waals surface area contributed by atoms with Gasteiger partial charge >= 0.3 is 0 Å². The zero-order valence-electron chi connectivity index (χ0n) is 13.8. The lowest BCUT2D eigenvalue weighted by Crippen LogP contribution is -1.87. The molecule has 0 aromatic heterocycles. The summed E-state index contributed by atoms with van der Waals surface area (Å²) < 4.78 is 0. The molecule has 0 bridgehead atoms. The van der Waals surface area contributed by atoms with Crippen LogP contribution in [0.4, 0.5) is 0 Å². The van der Waals surface area contributed by atoms with E-state index >= 15 is 0 Å². The van der Waals surface area contributed by atoms with Crippen LogP contribution in [0.5, 0.6) is 11.5 Å². The second kappa shape index (κ2) is 11.2. The zero-order chi connectivity index (χ0) is 17.9. The molecule has 3 N–H and O–H groups in total. The number of hydrogen-bond acceptors (Lipinski definition) is 3. The fourth-order valence-corrected chi connectivity index (χ4v) is 2.67. The first-order valence-electron chi connectivity index (χ1n) is 8.04.